The van der Waals surface area contributed by atoms with Gasteiger partial charge in [0.15, 0.2) is 0 Å². The van der Waals surface area contributed by atoms with Crippen LogP contribution < -0.4 is 0 Å². The van der Waals surface area contributed by atoms with Crippen molar-refractivity contribution in [3.8, 4) is 0 Å². The smallest absolute Gasteiger partial charge is 0.0706 e. The van der Waals surface area contributed by atoms with Crippen LogP contribution in [0.2, 0.25) is 0 Å². The third-order valence-electron chi connectivity index (χ3n) is 1.93. The molecule has 0 bridgehead atoms. The van der Waals surface area contributed by atoms with Crippen LogP contribution in [0.4, 0.5) is 0 Å². The Morgan fingerprint density at radius 1 is 1.54 bits per heavy atom. The maximum atomic E-state index is 9.20. The lowest BCUT2D eigenvalue weighted by molar-refractivity contribution is 0.282. The summed E-state index contributed by atoms with van der Waals surface area (Å²) in [6.07, 6.45) is 0. The van der Waals surface area contributed by atoms with E-state index in [9.17, 15) is 5.11 Å². The van der Waals surface area contributed by atoms with E-state index in [1.165, 1.54) is 0 Å². The molecule has 0 aliphatic heterocycles. The molecule has 1 N–H and O–H groups in total. The molecule has 0 saturated heterocycles. The molecule has 0 aliphatic carbocycles. The Kier molecular flexibility index (Phi) is 2.83. The maximum Gasteiger partial charge on any atom is 0.0706 e. The molecule has 0 unspecified atom stereocenters. The molecule has 0 fully saturated rings. The van der Waals surface area contributed by atoms with Crippen LogP contribution in [0.15, 0.2) is 22.4 Å². The number of hydrogen-bond acceptors (Lipinski definition) is 3. The van der Waals surface area contributed by atoms with Gasteiger partial charge in [-0.2, -0.15) is 0 Å². The van der Waals surface area contributed by atoms with E-state index in [4.69, 9.17) is 0 Å². The average Bonchev–Trinajstić information content (AvgIpc) is 2.53. The Morgan fingerprint density at radius 2 is 2.31 bits per heavy atom. The molecule has 0 radical (unpaired) electrons. The van der Waals surface area contributed by atoms with E-state index in [1.54, 1.807) is 11.3 Å². The number of rotatable bonds is 1. The van der Waals surface area contributed by atoms with Gasteiger partial charge in [0.2, 0.25) is 0 Å². The van der Waals surface area contributed by atoms with Crippen molar-refractivity contribution in [2.45, 2.75) is 11.5 Å². The highest BCUT2D eigenvalue weighted by atomic mass is 127. The lowest BCUT2D eigenvalue weighted by atomic mass is 10.2. The van der Waals surface area contributed by atoms with Crippen LogP contribution in [-0.2, 0) is 6.61 Å². The molecular formula is C9H7IOS2. The highest BCUT2D eigenvalue weighted by Gasteiger charge is 2.08. The van der Waals surface area contributed by atoms with Crippen LogP contribution in [0, 0.1) is 3.57 Å². The highest BCUT2D eigenvalue weighted by Crippen LogP contribution is 2.33. The van der Waals surface area contributed by atoms with E-state index < -0.39 is 0 Å². The average molecular weight is 322 g/mol. The molecule has 0 spiro atoms. The number of aliphatic hydroxyl groups excluding tert-OH is 1. The molecule has 0 saturated carbocycles. The summed E-state index contributed by atoms with van der Waals surface area (Å²) >= 11 is 8.28. The SMILES string of the molecule is OCc1c(I)cc(S)c2ccsc12. The fourth-order valence-corrected chi connectivity index (χ4v) is 3.82. The predicted molar refractivity (Wildman–Crippen MR) is 67.7 cm³/mol. The topological polar surface area (TPSA) is 20.2 Å². The highest BCUT2D eigenvalue weighted by molar-refractivity contribution is 14.1. The van der Waals surface area contributed by atoms with Gasteiger partial charge in [0.05, 0.1) is 6.61 Å². The Morgan fingerprint density at radius 3 is 3.00 bits per heavy atom. The first-order valence-corrected chi connectivity index (χ1v) is 6.13. The van der Waals surface area contributed by atoms with Crippen LogP contribution in [0.25, 0.3) is 10.1 Å². The number of thiophene rings is 1. The van der Waals surface area contributed by atoms with Gasteiger partial charge in [0.1, 0.15) is 0 Å². The zero-order valence-corrected chi connectivity index (χ0v) is 10.5. The zero-order valence-electron chi connectivity index (χ0n) is 6.62. The number of aliphatic hydroxyl groups is 1. The van der Waals surface area contributed by atoms with Crippen molar-refractivity contribution in [3.05, 3.63) is 26.6 Å². The predicted octanol–water partition coefficient (Wildman–Crippen LogP) is 3.29. The number of benzene rings is 1. The molecule has 4 heteroatoms. The first-order valence-electron chi connectivity index (χ1n) is 3.72. The van der Waals surface area contributed by atoms with Gasteiger partial charge in [-0.15, -0.1) is 24.0 Å². The molecule has 0 atom stereocenters. The molecule has 13 heavy (non-hydrogen) atoms. The van der Waals surface area contributed by atoms with E-state index in [0.717, 1.165) is 24.1 Å². The van der Waals surface area contributed by atoms with Crippen LogP contribution in [0.5, 0.6) is 0 Å². The monoisotopic (exact) mass is 322 g/mol. The van der Waals surface area contributed by atoms with Gasteiger partial charge in [-0.05, 0) is 40.1 Å². The van der Waals surface area contributed by atoms with Crippen molar-refractivity contribution in [1.29, 1.82) is 0 Å². The number of thiol groups is 1. The third kappa shape index (κ3) is 1.60. The largest absolute Gasteiger partial charge is 0.392 e. The van der Waals surface area contributed by atoms with E-state index in [0.29, 0.717) is 0 Å². The number of halogens is 1. The second kappa shape index (κ2) is 3.76. The van der Waals surface area contributed by atoms with E-state index in [-0.39, 0.29) is 6.61 Å². The second-order valence-corrected chi connectivity index (χ2v) is 5.24. The first-order chi connectivity index (χ1) is 6.24. The molecule has 1 nitrogen and oxygen atoms in total. The molecule has 0 aliphatic rings. The summed E-state index contributed by atoms with van der Waals surface area (Å²) in [6, 6.07) is 4.03. The fourth-order valence-electron chi connectivity index (χ4n) is 1.29. The van der Waals surface area contributed by atoms with Gasteiger partial charge in [-0.1, -0.05) is 0 Å². The van der Waals surface area contributed by atoms with Crippen LogP contribution in [0.3, 0.4) is 0 Å². The Hall–Kier alpha value is 0.220. The molecule has 1 aromatic heterocycles. The van der Waals surface area contributed by atoms with Crippen molar-refractivity contribution >= 4 is 56.6 Å². The van der Waals surface area contributed by atoms with Gasteiger partial charge in [-0.3, -0.25) is 0 Å². The van der Waals surface area contributed by atoms with E-state index >= 15 is 0 Å². The number of fused-ring (bicyclic) bond motifs is 1. The molecule has 1 aromatic carbocycles. The maximum absolute atomic E-state index is 9.20. The van der Waals surface area contributed by atoms with Gasteiger partial charge < -0.3 is 5.11 Å². The standard InChI is InChI=1S/C9H7IOS2/c10-7-3-8(12)5-1-2-13-9(5)6(7)4-11/h1-3,11-12H,4H2. The Bertz CT molecular complexity index is 450. The lowest BCUT2D eigenvalue weighted by Gasteiger charge is -2.04. The molecule has 2 aromatic rings. The van der Waals surface area contributed by atoms with E-state index in [1.807, 2.05) is 17.5 Å². The molecule has 1 heterocycles. The Labute approximate surface area is 99.3 Å². The zero-order chi connectivity index (χ0) is 9.42. The van der Waals surface area contributed by atoms with Crippen molar-refractivity contribution in [1.82, 2.24) is 0 Å². The summed E-state index contributed by atoms with van der Waals surface area (Å²) in [5.74, 6) is 0. The van der Waals surface area contributed by atoms with Crippen LogP contribution in [0.1, 0.15) is 5.56 Å². The third-order valence-corrected chi connectivity index (χ3v) is 4.23. The summed E-state index contributed by atoms with van der Waals surface area (Å²) in [5, 5.41) is 12.4. The first kappa shape index (κ1) is 9.76. The molecule has 68 valence electrons. The summed E-state index contributed by atoms with van der Waals surface area (Å²) < 4.78 is 2.24. The van der Waals surface area contributed by atoms with Gasteiger partial charge in [0.25, 0.3) is 0 Å². The minimum absolute atomic E-state index is 0.101. The van der Waals surface area contributed by atoms with Gasteiger partial charge in [0, 0.05) is 24.1 Å². The summed E-state index contributed by atoms with van der Waals surface area (Å²) in [4.78, 5) is 0.984. The summed E-state index contributed by atoms with van der Waals surface area (Å²) in [5.41, 5.74) is 1.02. The van der Waals surface area contributed by atoms with Gasteiger partial charge >= 0.3 is 0 Å². The van der Waals surface area contributed by atoms with Gasteiger partial charge in [-0.25, -0.2) is 0 Å². The van der Waals surface area contributed by atoms with Crippen molar-refractivity contribution in [3.63, 3.8) is 0 Å². The van der Waals surface area contributed by atoms with Crippen molar-refractivity contribution < 1.29 is 5.11 Å². The van der Waals surface area contributed by atoms with Crippen LogP contribution in [-0.4, -0.2) is 5.11 Å². The fraction of sp³-hybridized carbons (Fsp3) is 0.111. The summed E-state index contributed by atoms with van der Waals surface area (Å²) in [6.45, 7) is 0.101. The van der Waals surface area contributed by atoms with E-state index in [2.05, 4.69) is 35.2 Å². The van der Waals surface area contributed by atoms with Crippen molar-refractivity contribution in [2.75, 3.05) is 0 Å². The van der Waals surface area contributed by atoms with Crippen LogP contribution >= 0.6 is 46.6 Å². The normalized spacial score (nSPS) is 11.0. The number of hydrogen-bond donors (Lipinski definition) is 2. The second-order valence-electron chi connectivity index (χ2n) is 2.68. The summed E-state index contributed by atoms with van der Waals surface area (Å²) in [7, 11) is 0. The minimum atomic E-state index is 0.101. The molecule has 0 amide bonds. The van der Waals surface area contributed by atoms with Crippen molar-refractivity contribution in [2.24, 2.45) is 0 Å². The quantitative estimate of drug-likeness (QED) is 0.610. The Balaban J connectivity index is 2.88. The minimum Gasteiger partial charge on any atom is -0.392 e. The lowest BCUT2D eigenvalue weighted by Crippen LogP contribution is -1.88. The molecular weight excluding hydrogens is 315 g/mol. The molecule has 2 rings (SSSR count).